The van der Waals surface area contributed by atoms with Crippen LogP contribution in [0.2, 0.25) is 0 Å². The molecule has 3 nitrogen and oxygen atoms in total. The van der Waals surface area contributed by atoms with Crippen molar-refractivity contribution in [1.82, 2.24) is 9.80 Å². The lowest BCUT2D eigenvalue weighted by Gasteiger charge is -2.39. The van der Waals surface area contributed by atoms with Crippen molar-refractivity contribution in [2.75, 3.05) is 26.7 Å². The molecule has 0 aromatic carbocycles. The van der Waals surface area contributed by atoms with Gasteiger partial charge in [-0.25, -0.2) is 0 Å². The fourth-order valence-electron chi connectivity index (χ4n) is 1.99. The first-order valence-corrected chi connectivity index (χ1v) is 5.67. The zero-order valence-electron chi connectivity index (χ0n) is 9.62. The minimum absolute atomic E-state index is 0.332. The Labute approximate surface area is 87.1 Å². The Balaban J connectivity index is 2.45. The van der Waals surface area contributed by atoms with Crippen LogP contribution < -0.4 is 0 Å². The van der Waals surface area contributed by atoms with Crippen LogP contribution in [0.5, 0.6) is 0 Å². The molecule has 1 aliphatic rings. The van der Waals surface area contributed by atoms with Gasteiger partial charge in [0.15, 0.2) is 0 Å². The van der Waals surface area contributed by atoms with Gasteiger partial charge < -0.3 is 4.90 Å². The van der Waals surface area contributed by atoms with Crippen molar-refractivity contribution in [2.24, 2.45) is 0 Å². The molecule has 1 amide bonds. The lowest BCUT2D eigenvalue weighted by atomic mass is 10.1. The van der Waals surface area contributed by atoms with Crippen molar-refractivity contribution in [1.29, 1.82) is 0 Å². The minimum atomic E-state index is 0.332. The molecule has 14 heavy (non-hydrogen) atoms. The van der Waals surface area contributed by atoms with E-state index in [2.05, 4.69) is 25.8 Å². The highest BCUT2D eigenvalue weighted by atomic mass is 16.2. The monoisotopic (exact) mass is 198 g/mol. The van der Waals surface area contributed by atoms with Crippen LogP contribution in [-0.4, -0.2) is 48.4 Å². The van der Waals surface area contributed by atoms with Crippen LogP contribution in [0, 0.1) is 0 Å². The Hall–Kier alpha value is -0.570. The Bertz CT molecular complexity index is 194. The van der Waals surface area contributed by atoms with Gasteiger partial charge in [0.05, 0.1) is 0 Å². The number of carbonyl (C=O) groups is 1. The summed E-state index contributed by atoms with van der Waals surface area (Å²) in [6.45, 7) is 7.10. The molecule has 0 aliphatic carbocycles. The summed E-state index contributed by atoms with van der Waals surface area (Å²) >= 11 is 0. The number of amides is 1. The molecule has 0 spiro atoms. The van der Waals surface area contributed by atoms with E-state index in [1.807, 2.05) is 4.90 Å². The van der Waals surface area contributed by atoms with Crippen molar-refractivity contribution in [3.05, 3.63) is 0 Å². The van der Waals surface area contributed by atoms with Crippen molar-refractivity contribution < 1.29 is 4.79 Å². The highest BCUT2D eigenvalue weighted by Gasteiger charge is 2.25. The second-order valence-electron chi connectivity index (χ2n) is 4.13. The molecular formula is C11H22N2O. The zero-order chi connectivity index (χ0) is 10.6. The maximum atomic E-state index is 11.7. The number of hydrogen-bond donors (Lipinski definition) is 0. The van der Waals surface area contributed by atoms with E-state index in [4.69, 9.17) is 0 Å². The summed E-state index contributed by atoms with van der Waals surface area (Å²) in [4.78, 5) is 16.1. The Morgan fingerprint density at radius 1 is 1.36 bits per heavy atom. The van der Waals surface area contributed by atoms with Crippen LogP contribution in [0.4, 0.5) is 0 Å². The van der Waals surface area contributed by atoms with E-state index in [9.17, 15) is 4.79 Å². The van der Waals surface area contributed by atoms with Gasteiger partial charge in [-0.05, 0) is 19.9 Å². The maximum Gasteiger partial charge on any atom is 0.222 e. The van der Waals surface area contributed by atoms with Crippen LogP contribution >= 0.6 is 0 Å². The first-order chi connectivity index (χ1) is 6.69. The van der Waals surface area contributed by atoms with Gasteiger partial charge in [0.1, 0.15) is 0 Å². The number of piperazine rings is 1. The normalized spacial score (nSPS) is 23.9. The lowest BCUT2D eigenvalue weighted by Crippen LogP contribution is -2.52. The molecule has 1 aliphatic heterocycles. The minimum Gasteiger partial charge on any atom is -0.340 e. The summed E-state index contributed by atoms with van der Waals surface area (Å²) < 4.78 is 0. The fourth-order valence-corrected chi connectivity index (χ4v) is 1.99. The molecule has 1 rings (SSSR count). The number of likely N-dealkylation sites (N-methyl/N-ethyl adjacent to an activating group) is 1. The summed E-state index contributed by atoms with van der Waals surface area (Å²) in [7, 11) is 2.15. The molecule has 1 unspecified atom stereocenters. The van der Waals surface area contributed by atoms with E-state index >= 15 is 0 Å². The summed E-state index contributed by atoms with van der Waals surface area (Å²) in [6.07, 6.45) is 2.80. The molecule has 0 N–H and O–H groups in total. The van der Waals surface area contributed by atoms with E-state index in [1.165, 1.54) is 0 Å². The average Bonchev–Trinajstić information content (AvgIpc) is 2.19. The van der Waals surface area contributed by atoms with Crippen LogP contribution in [-0.2, 0) is 4.79 Å². The third kappa shape index (κ3) is 2.71. The summed E-state index contributed by atoms with van der Waals surface area (Å²) in [6, 6.07) is 0.560. The first kappa shape index (κ1) is 11.5. The standard InChI is InChI=1S/C11H22N2O/c1-4-6-11(14)13-8-7-12(3)10(5-2)9-13/h10H,4-9H2,1-3H3. The number of rotatable bonds is 3. The van der Waals surface area contributed by atoms with E-state index < -0.39 is 0 Å². The number of nitrogens with zero attached hydrogens (tertiary/aromatic N) is 2. The molecule has 0 aromatic heterocycles. The smallest absolute Gasteiger partial charge is 0.222 e. The molecule has 0 radical (unpaired) electrons. The van der Waals surface area contributed by atoms with Gasteiger partial charge in [-0.3, -0.25) is 9.69 Å². The Morgan fingerprint density at radius 3 is 2.64 bits per heavy atom. The van der Waals surface area contributed by atoms with Crippen molar-refractivity contribution in [3.8, 4) is 0 Å². The summed E-state index contributed by atoms with van der Waals surface area (Å²) in [5, 5.41) is 0. The van der Waals surface area contributed by atoms with Crippen molar-refractivity contribution in [2.45, 2.75) is 39.2 Å². The van der Waals surface area contributed by atoms with Gasteiger partial charge >= 0.3 is 0 Å². The van der Waals surface area contributed by atoms with Crippen LogP contribution in [0.1, 0.15) is 33.1 Å². The topological polar surface area (TPSA) is 23.6 Å². The van der Waals surface area contributed by atoms with E-state index in [-0.39, 0.29) is 0 Å². The predicted octanol–water partition coefficient (Wildman–Crippen LogP) is 1.34. The van der Waals surface area contributed by atoms with Gasteiger partial charge in [-0.15, -0.1) is 0 Å². The molecule has 0 aromatic rings. The molecular weight excluding hydrogens is 176 g/mol. The first-order valence-electron chi connectivity index (χ1n) is 5.67. The largest absolute Gasteiger partial charge is 0.340 e. The third-order valence-electron chi connectivity index (χ3n) is 3.06. The second-order valence-corrected chi connectivity index (χ2v) is 4.13. The quantitative estimate of drug-likeness (QED) is 0.683. The van der Waals surface area contributed by atoms with Gasteiger partial charge in [-0.2, -0.15) is 0 Å². The zero-order valence-corrected chi connectivity index (χ0v) is 9.62. The van der Waals surface area contributed by atoms with Crippen molar-refractivity contribution >= 4 is 5.91 Å². The molecule has 3 heteroatoms. The fraction of sp³-hybridized carbons (Fsp3) is 0.909. The molecule has 1 fully saturated rings. The Kier molecular flexibility index (Phi) is 4.39. The maximum absolute atomic E-state index is 11.7. The van der Waals surface area contributed by atoms with Gasteiger partial charge in [-0.1, -0.05) is 13.8 Å². The SMILES string of the molecule is CCCC(=O)N1CCN(C)C(CC)C1. The van der Waals surface area contributed by atoms with Crippen LogP contribution in [0.25, 0.3) is 0 Å². The summed E-state index contributed by atoms with van der Waals surface area (Å²) in [5.41, 5.74) is 0. The molecule has 0 bridgehead atoms. The highest BCUT2D eigenvalue weighted by molar-refractivity contribution is 5.76. The van der Waals surface area contributed by atoms with Crippen LogP contribution in [0.15, 0.2) is 0 Å². The second kappa shape index (κ2) is 5.35. The lowest BCUT2D eigenvalue weighted by molar-refractivity contribution is -0.134. The Morgan fingerprint density at radius 2 is 2.07 bits per heavy atom. The molecule has 1 saturated heterocycles. The third-order valence-corrected chi connectivity index (χ3v) is 3.06. The van der Waals surface area contributed by atoms with Crippen LogP contribution in [0.3, 0.4) is 0 Å². The van der Waals surface area contributed by atoms with Gasteiger partial charge in [0.2, 0.25) is 5.91 Å². The molecule has 1 atom stereocenters. The van der Waals surface area contributed by atoms with E-state index in [0.717, 1.165) is 32.5 Å². The van der Waals surface area contributed by atoms with E-state index in [1.54, 1.807) is 0 Å². The van der Waals surface area contributed by atoms with Crippen molar-refractivity contribution in [3.63, 3.8) is 0 Å². The predicted molar refractivity (Wildman–Crippen MR) is 58.2 cm³/mol. The molecule has 0 saturated carbocycles. The van der Waals surface area contributed by atoms with Gasteiger partial charge in [0, 0.05) is 32.1 Å². The summed E-state index contributed by atoms with van der Waals surface area (Å²) in [5.74, 6) is 0.332. The average molecular weight is 198 g/mol. The van der Waals surface area contributed by atoms with E-state index in [0.29, 0.717) is 18.4 Å². The molecule has 82 valence electrons. The molecule has 1 heterocycles. The number of hydrogen-bond acceptors (Lipinski definition) is 2. The number of carbonyl (C=O) groups excluding carboxylic acids is 1. The highest BCUT2D eigenvalue weighted by Crippen LogP contribution is 2.11. The van der Waals surface area contributed by atoms with Gasteiger partial charge in [0.25, 0.3) is 0 Å².